The molecule has 2 rings (SSSR count). The number of carbonyl (C=O) groups excluding carboxylic acids is 1. The summed E-state index contributed by atoms with van der Waals surface area (Å²) in [6.07, 6.45) is 2.34. The van der Waals surface area contributed by atoms with Gasteiger partial charge in [-0.3, -0.25) is 4.79 Å². The lowest BCUT2D eigenvalue weighted by molar-refractivity contribution is -0.119. The lowest BCUT2D eigenvalue weighted by Crippen LogP contribution is -2.47. The SMILES string of the molecule is CSCCC(NS(=O)(=O)c1ccccc1)C(=O)N(C)c1ccccc1. The van der Waals surface area contributed by atoms with Crippen molar-refractivity contribution in [3.63, 3.8) is 0 Å². The number of nitrogens with one attached hydrogen (secondary N) is 1. The predicted octanol–water partition coefficient (Wildman–Crippen LogP) is 2.75. The van der Waals surface area contributed by atoms with Gasteiger partial charge in [0, 0.05) is 12.7 Å². The van der Waals surface area contributed by atoms with Crippen LogP contribution in [0.2, 0.25) is 0 Å². The number of nitrogens with zero attached hydrogens (tertiary/aromatic N) is 1. The highest BCUT2D eigenvalue weighted by atomic mass is 32.2. The van der Waals surface area contributed by atoms with Gasteiger partial charge in [0.2, 0.25) is 15.9 Å². The van der Waals surface area contributed by atoms with Gasteiger partial charge in [0.25, 0.3) is 0 Å². The van der Waals surface area contributed by atoms with Crippen LogP contribution in [-0.2, 0) is 14.8 Å². The van der Waals surface area contributed by atoms with Crippen LogP contribution in [0.25, 0.3) is 0 Å². The molecule has 2 aromatic carbocycles. The molecule has 0 fully saturated rings. The molecule has 7 heteroatoms. The number of rotatable bonds is 8. The minimum atomic E-state index is -3.76. The summed E-state index contributed by atoms with van der Waals surface area (Å²) in [4.78, 5) is 14.5. The quantitative estimate of drug-likeness (QED) is 0.767. The molecule has 1 atom stereocenters. The standard InChI is InChI=1S/C18H22N2O3S2/c1-20(15-9-5-3-6-10-15)18(21)17(13-14-24-2)19-25(22,23)16-11-7-4-8-12-16/h3-12,17,19H,13-14H2,1-2H3. The van der Waals surface area contributed by atoms with E-state index in [1.165, 1.54) is 17.0 Å². The van der Waals surface area contributed by atoms with Crippen molar-refractivity contribution >= 4 is 33.4 Å². The maximum absolute atomic E-state index is 12.8. The van der Waals surface area contributed by atoms with E-state index in [9.17, 15) is 13.2 Å². The first-order valence-corrected chi connectivity index (χ1v) is 10.7. The molecule has 1 amide bonds. The summed E-state index contributed by atoms with van der Waals surface area (Å²) in [5, 5.41) is 0. The Labute approximate surface area is 153 Å². The topological polar surface area (TPSA) is 66.5 Å². The van der Waals surface area contributed by atoms with Gasteiger partial charge in [-0.05, 0) is 42.7 Å². The highest BCUT2D eigenvalue weighted by molar-refractivity contribution is 7.98. The van der Waals surface area contributed by atoms with E-state index >= 15 is 0 Å². The first-order valence-electron chi connectivity index (χ1n) is 7.84. The summed E-state index contributed by atoms with van der Waals surface area (Å²) < 4.78 is 27.7. The van der Waals surface area contributed by atoms with Crippen molar-refractivity contribution in [3.05, 3.63) is 60.7 Å². The average molecular weight is 379 g/mol. The third-order valence-electron chi connectivity index (χ3n) is 3.73. The predicted molar refractivity (Wildman–Crippen MR) is 103 cm³/mol. The maximum Gasteiger partial charge on any atom is 0.244 e. The number of para-hydroxylation sites is 1. The molecule has 0 aromatic heterocycles. The fraction of sp³-hybridized carbons (Fsp3) is 0.278. The van der Waals surface area contributed by atoms with Crippen LogP contribution in [0.1, 0.15) is 6.42 Å². The number of likely N-dealkylation sites (N-methyl/N-ethyl adjacent to an activating group) is 1. The van der Waals surface area contributed by atoms with Crippen molar-refractivity contribution in [1.82, 2.24) is 4.72 Å². The Hall–Kier alpha value is -1.83. The second-order valence-corrected chi connectivity index (χ2v) is 8.20. The number of amides is 1. The van der Waals surface area contributed by atoms with Gasteiger partial charge in [0.05, 0.1) is 4.90 Å². The van der Waals surface area contributed by atoms with E-state index in [1.807, 2.05) is 36.6 Å². The Morgan fingerprint density at radius 2 is 1.64 bits per heavy atom. The molecule has 2 aromatic rings. The highest BCUT2D eigenvalue weighted by Crippen LogP contribution is 2.16. The van der Waals surface area contributed by atoms with E-state index in [2.05, 4.69) is 4.72 Å². The smallest absolute Gasteiger partial charge is 0.244 e. The largest absolute Gasteiger partial charge is 0.314 e. The molecular weight excluding hydrogens is 356 g/mol. The number of hydrogen-bond donors (Lipinski definition) is 1. The molecule has 25 heavy (non-hydrogen) atoms. The Morgan fingerprint density at radius 1 is 1.08 bits per heavy atom. The Morgan fingerprint density at radius 3 is 2.20 bits per heavy atom. The minimum Gasteiger partial charge on any atom is -0.314 e. The first-order chi connectivity index (χ1) is 12.0. The summed E-state index contributed by atoms with van der Waals surface area (Å²) in [6, 6.07) is 16.4. The van der Waals surface area contributed by atoms with Gasteiger partial charge in [-0.2, -0.15) is 16.5 Å². The van der Waals surface area contributed by atoms with E-state index in [0.717, 1.165) is 5.69 Å². The van der Waals surface area contributed by atoms with Crippen LogP contribution in [0.15, 0.2) is 65.6 Å². The number of carbonyl (C=O) groups is 1. The van der Waals surface area contributed by atoms with Gasteiger partial charge >= 0.3 is 0 Å². The minimum absolute atomic E-state index is 0.152. The monoisotopic (exact) mass is 378 g/mol. The molecule has 134 valence electrons. The van der Waals surface area contributed by atoms with Crippen molar-refractivity contribution in [2.45, 2.75) is 17.4 Å². The molecule has 0 radical (unpaired) electrons. The molecule has 1 N–H and O–H groups in total. The van der Waals surface area contributed by atoms with Crippen molar-refractivity contribution in [2.24, 2.45) is 0 Å². The second-order valence-electron chi connectivity index (χ2n) is 5.50. The first kappa shape index (κ1) is 19.5. The fourth-order valence-electron chi connectivity index (χ4n) is 2.34. The van der Waals surface area contributed by atoms with Crippen molar-refractivity contribution in [1.29, 1.82) is 0 Å². The zero-order valence-electron chi connectivity index (χ0n) is 14.3. The average Bonchev–Trinajstić information content (AvgIpc) is 2.65. The van der Waals surface area contributed by atoms with Crippen LogP contribution < -0.4 is 9.62 Å². The number of anilines is 1. The van der Waals surface area contributed by atoms with Crippen molar-refractivity contribution in [3.8, 4) is 0 Å². The number of hydrogen-bond acceptors (Lipinski definition) is 4. The van der Waals surface area contributed by atoms with Crippen molar-refractivity contribution in [2.75, 3.05) is 24.0 Å². The number of thioether (sulfide) groups is 1. The Kier molecular flexibility index (Phi) is 7.04. The lowest BCUT2D eigenvalue weighted by Gasteiger charge is -2.24. The van der Waals surface area contributed by atoms with E-state index < -0.39 is 16.1 Å². The molecule has 0 aliphatic rings. The summed E-state index contributed by atoms with van der Waals surface area (Å²) in [5.74, 6) is 0.399. The number of sulfonamides is 1. The summed E-state index contributed by atoms with van der Waals surface area (Å²) in [7, 11) is -2.10. The van der Waals surface area contributed by atoms with Crippen LogP contribution in [-0.4, -0.2) is 39.4 Å². The molecule has 0 bridgehead atoms. The third kappa shape index (κ3) is 5.32. The summed E-state index contributed by atoms with van der Waals surface area (Å²) >= 11 is 1.57. The van der Waals surface area contributed by atoms with Gasteiger partial charge in [0.1, 0.15) is 6.04 Å². The van der Waals surface area contributed by atoms with Gasteiger partial charge in [-0.25, -0.2) is 8.42 Å². The maximum atomic E-state index is 12.8. The van der Waals surface area contributed by atoms with E-state index in [-0.39, 0.29) is 10.8 Å². The second kappa shape index (κ2) is 9.03. The normalized spacial score (nSPS) is 12.6. The molecular formula is C18H22N2O3S2. The van der Waals surface area contributed by atoms with E-state index in [0.29, 0.717) is 12.2 Å². The van der Waals surface area contributed by atoms with Gasteiger partial charge in [0.15, 0.2) is 0 Å². The zero-order valence-corrected chi connectivity index (χ0v) is 15.9. The number of benzene rings is 2. The summed E-state index contributed by atoms with van der Waals surface area (Å²) in [6.45, 7) is 0. The van der Waals surface area contributed by atoms with Crippen LogP contribution >= 0.6 is 11.8 Å². The highest BCUT2D eigenvalue weighted by Gasteiger charge is 2.28. The molecule has 0 saturated heterocycles. The molecule has 0 heterocycles. The van der Waals surface area contributed by atoms with Crippen LogP contribution in [0, 0.1) is 0 Å². The molecule has 0 aliphatic heterocycles. The van der Waals surface area contributed by atoms with E-state index in [1.54, 1.807) is 37.0 Å². The molecule has 0 spiro atoms. The molecule has 1 unspecified atom stereocenters. The lowest BCUT2D eigenvalue weighted by atomic mass is 10.2. The van der Waals surface area contributed by atoms with Gasteiger partial charge in [-0.1, -0.05) is 36.4 Å². The van der Waals surface area contributed by atoms with Gasteiger partial charge in [-0.15, -0.1) is 0 Å². The van der Waals surface area contributed by atoms with Crippen molar-refractivity contribution < 1.29 is 13.2 Å². The molecule has 0 aliphatic carbocycles. The molecule has 0 saturated carbocycles. The van der Waals surface area contributed by atoms with Crippen LogP contribution in [0.5, 0.6) is 0 Å². The summed E-state index contributed by atoms with van der Waals surface area (Å²) in [5.41, 5.74) is 0.723. The fourth-order valence-corrected chi connectivity index (χ4v) is 4.05. The van der Waals surface area contributed by atoms with E-state index in [4.69, 9.17) is 0 Å². The molecule has 5 nitrogen and oxygen atoms in total. The Bertz CT molecular complexity index is 780. The van der Waals surface area contributed by atoms with Crippen LogP contribution in [0.4, 0.5) is 5.69 Å². The van der Waals surface area contributed by atoms with Crippen LogP contribution in [0.3, 0.4) is 0 Å². The van der Waals surface area contributed by atoms with Gasteiger partial charge < -0.3 is 4.90 Å². The third-order valence-corrected chi connectivity index (χ3v) is 5.87. The Balaban J connectivity index is 2.22. The zero-order chi connectivity index (χ0) is 18.3.